The fraction of sp³-hybridized carbons (Fsp3) is 0.0714. The van der Waals surface area contributed by atoms with Gasteiger partial charge in [0.15, 0.2) is 0 Å². The summed E-state index contributed by atoms with van der Waals surface area (Å²) in [6, 6.07) is 22.3. The third kappa shape index (κ3) is 16.3. The third-order valence-corrected chi connectivity index (χ3v) is 7.77. The van der Waals surface area contributed by atoms with E-state index in [1.165, 1.54) is 20.6 Å². The summed E-state index contributed by atoms with van der Waals surface area (Å²) in [5.41, 5.74) is 0. The molecule has 2 aliphatic rings. The van der Waals surface area contributed by atoms with Gasteiger partial charge >= 0.3 is 97.9 Å². The van der Waals surface area contributed by atoms with Crippen LogP contribution >= 0.6 is 0 Å². The van der Waals surface area contributed by atoms with Crippen molar-refractivity contribution in [2.75, 3.05) is 0 Å². The van der Waals surface area contributed by atoms with Gasteiger partial charge in [-0.25, -0.2) is 0 Å². The Kier molecular flexibility index (Phi) is 18.9. The zero-order chi connectivity index (χ0) is 26.8. The molecule has 0 aliphatic heterocycles. The molecule has 0 nitrogen and oxygen atoms in total. The standard InChI is InChI=1S/3C6H6S2.2C5H5.2Ti/c3*7-5-3-1-2-4-6(5)8;2*1-2-4-5-3-1;;/h3*1-4,7-8H;2*1-3H,4H2;;/q;;;;;2*+3/p-6. The summed E-state index contributed by atoms with van der Waals surface area (Å²) in [6.45, 7) is 0. The van der Waals surface area contributed by atoms with Crippen molar-refractivity contribution in [1.29, 1.82) is 0 Å². The summed E-state index contributed by atoms with van der Waals surface area (Å²) in [6.07, 6.45) is 15.1. The van der Waals surface area contributed by atoms with Crippen molar-refractivity contribution in [2.24, 2.45) is 0 Å². The predicted octanol–water partition coefficient (Wildman–Crippen LogP) is 7.25. The molecule has 0 amide bonds. The van der Waals surface area contributed by atoms with Gasteiger partial charge in [-0.3, -0.25) is 0 Å². The molecule has 0 N–H and O–H groups in total. The zero-order valence-electron chi connectivity index (χ0n) is 19.3. The fourth-order valence-electron chi connectivity index (χ4n) is 2.25. The summed E-state index contributed by atoms with van der Waals surface area (Å²) in [4.78, 5) is 4.60. The molecule has 0 saturated heterocycles. The Labute approximate surface area is 272 Å². The maximum atomic E-state index is 4.85. The average molecular weight is 647 g/mol. The summed E-state index contributed by atoms with van der Waals surface area (Å²) >= 11 is 33.4. The first kappa shape index (κ1) is 33.4. The monoisotopic (exact) mass is 646 g/mol. The van der Waals surface area contributed by atoms with Crippen LogP contribution in [0.3, 0.4) is 0 Å². The second-order valence-corrected chi connectivity index (χ2v) is 11.6. The van der Waals surface area contributed by atoms with Gasteiger partial charge in [-0.05, 0) is 0 Å². The Morgan fingerprint density at radius 2 is 0.639 bits per heavy atom. The second-order valence-electron chi connectivity index (χ2n) is 6.99. The van der Waals surface area contributed by atoms with Crippen LogP contribution in [0.4, 0.5) is 0 Å². The average Bonchev–Trinajstić information content (AvgIpc) is 3.55. The summed E-state index contributed by atoms with van der Waals surface area (Å²) in [5, 5.41) is 0. The van der Waals surface area contributed by atoms with E-state index >= 15 is 0 Å². The van der Waals surface area contributed by atoms with Gasteiger partial charge < -0.3 is 75.8 Å². The van der Waals surface area contributed by atoms with Crippen LogP contribution in [0.25, 0.3) is 0 Å². The predicted molar refractivity (Wildman–Crippen MR) is 157 cm³/mol. The van der Waals surface area contributed by atoms with Crippen LogP contribution in [0.15, 0.2) is 146 Å². The fourth-order valence-corrected chi connectivity index (χ4v) is 3.79. The summed E-state index contributed by atoms with van der Waals surface area (Å²) < 4.78 is 2.94. The third-order valence-electron chi connectivity index (χ3n) is 4.09. The number of rotatable bonds is 0. The molecule has 8 heteroatoms. The molecule has 0 heterocycles. The quantitative estimate of drug-likeness (QED) is 0.185. The summed E-state index contributed by atoms with van der Waals surface area (Å²) in [5.74, 6) is 0. The van der Waals surface area contributed by atoms with E-state index in [1.54, 1.807) is 0 Å². The van der Waals surface area contributed by atoms with Crippen LogP contribution in [0.2, 0.25) is 0 Å². The van der Waals surface area contributed by atoms with Gasteiger partial charge in [-0.15, -0.1) is 0 Å². The van der Waals surface area contributed by atoms with Crippen LogP contribution in [0.5, 0.6) is 0 Å². The van der Waals surface area contributed by atoms with Crippen molar-refractivity contribution in [3.05, 3.63) is 117 Å². The Morgan fingerprint density at radius 3 is 0.722 bits per heavy atom. The molecule has 3 aromatic carbocycles. The molecule has 178 valence electrons. The topological polar surface area (TPSA) is 0 Å². The van der Waals surface area contributed by atoms with Crippen molar-refractivity contribution >= 4 is 75.8 Å². The molecule has 0 bridgehead atoms. The maximum absolute atomic E-state index is 4.85. The molecule has 3 aromatic rings. The Balaban J connectivity index is 0.000000226. The van der Waals surface area contributed by atoms with Gasteiger partial charge in [-0.2, -0.15) is 29.4 Å². The molecule has 0 unspecified atom stereocenters. The van der Waals surface area contributed by atoms with E-state index < -0.39 is 0 Å². The molecule has 5 rings (SSSR count). The molecular formula is C28H22S6Ti2. The van der Waals surface area contributed by atoms with Crippen LogP contribution in [0, 0.1) is 0 Å². The molecule has 0 spiro atoms. The summed E-state index contributed by atoms with van der Waals surface area (Å²) in [7, 11) is 0. The van der Waals surface area contributed by atoms with Gasteiger partial charge in [0.05, 0.1) is 0 Å². The van der Waals surface area contributed by atoms with Gasteiger partial charge in [0.2, 0.25) is 0 Å². The molecule has 2 aliphatic carbocycles. The minimum atomic E-state index is 0.766. The van der Waals surface area contributed by atoms with E-state index in [4.69, 9.17) is 75.8 Å². The van der Waals surface area contributed by atoms with Crippen molar-refractivity contribution in [2.45, 2.75) is 42.2 Å². The first-order chi connectivity index (χ1) is 17.2. The van der Waals surface area contributed by atoms with Crippen molar-refractivity contribution < 1.29 is 40.9 Å². The first-order valence-electron chi connectivity index (χ1n) is 10.6. The van der Waals surface area contributed by atoms with Gasteiger partial charge in [0, 0.05) is 0 Å². The molecule has 36 heavy (non-hydrogen) atoms. The molecule has 0 radical (unpaired) electrons. The number of benzene rings is 3. The van der Waals surface area contributed by atoms with E-state index in [0.717, 1.165) is 29.4 Å². The minimum absolute atomic E-state index is 0.766. The molecule has 0 aromatic heterocycles. The second kappa shape index (κ2) is 20.3. The van der Waals surface area contributed by atoms with E-state index in [1.807, 2.05) is 72.8 Å². The molecule has 0 atom stereocenters. The van der Waals surface area contributed by atoms with Crippen LogP contribution in [-0.4, -0.2) is 0 Å². The van der Waals surface area contributed by atoms with Crippen LogP contribution in [-0.2, 0) is 117 Å². The van der Waals surface area contributed by atoms with Crippen LogP contribution < -0.4 is 0 Å². The molecular weight excluding hydrogens is 624 g/mol. The Hall–Kier alpha value is -0.631. The number of hydrogen-bond acceptors (Lipinski definition) is 6. The van der Waals surface area contributed by atoms with Gasteiger partial charge in [0.1, 0.15) is 0 Å². The Morgan fingerprint density at radius 1 is 0.417 bits per heavy atom. The number of allylic oxidation sites excluding steroid dienone is 8. The number of hydrogen-bond donors (Lipinski definition) is 0. The SMILES string of the molecule is [S-]c1ccccc1[S-].[S-]c1ccccc1[S-].[S-]c1ccccc1[S-].[Ti+3][C]1=CC=CC1.[Ti+3][C]1=CC=CC1. The van der Waals surface area contributed by atoms with Crippen LogP contribution in [0.1, 0.15) is 12.8 Å². The van der Waals surface area contributed by atoms with Gasteiger partial charge in [0.25, 0.3) is 0 Å². The normalized spacial score (nSPS) is 12.2. The van der Waals surface area contributed by atoms with E-state index in [-0.39, 0.29) is 0 Å². The van der Waals surface area contributed by atoms with Crippen molar-refractivity contribution in [3.8, 4) is 0 Å². The molecule has 0 fully saturated rings. The Bertz CT molecular complexity index is 991. The van der Waals surface area contributed by atoms with E-state index in [2.05, 4.69) is 77.3 Å². The first-order valence-corrected chi connectivity index (χ1v) is 14.7. The van der Waals surface area contributed by atoms with E-state index in [9.17, 15) is 0 Å². The van der Waals surface area contributed by atoms with Gasteiger partial charge in [-0.1, -0.05) is 72.8 Å². The zero-order valence-corrected chi connectivity index (χ0v) is 27.3. The van der Waals surface area contributed by atoms with Crippen molar-refractivity contribution in [1.82, 2.24) is 0 Å². The van der Waals surface area contributed by atoms with E-state index in [0.29, 0.717) is 0 Å². The molecule has 0 saturated carbocycles. The van der Waals surface area contributed by atoms with Crippen molar-refractivity contribution in [3.63, 3.8) is 0 Å².